The highest BCUT2D eigenvalue weighted by Gasteiger charge is 2.35. The van der Waals surface area contributed by atoms with Crippen molar-refractivity contribution in [3.63, 3.8) is 0 Å². The summed E-state index contributed by atoms with van der Waals surface area (Å²) in [6.07, 6.45) is 1.07. The first-order valence-electron chi connectivity index (χ1n) is 4.88. The lowest BCUT2D eigenvalue weighted by Crippen LogP contribution is -2.59. The second-order valence-electron chi connectivity index (χ2n) is 4.88. The largest absolute Gasteiger partial charge is 0.328 e. The van der Waals surface area contributed by atoms with E-state index in [0.717, 1.165) is 13.0 Å². The third-order valence-corrected chi connectivity index (χ3v) is 2.58. The number of rotatable bonds is 0. The number of carbonyl (C=O) groups excluding carboxylic acids is 1. The Labute approximate surface area is 80.7 Å². The van der Waals surface area contributed by atoms with Crippen molar-refractivity contribution in [3.05, 3.63) is 0 Å². The first-order chi connectivity index (χ1) is 5.84. The zero-order valence-electron chi connectivity index (χ0n) is 9.29. The SMILES string of the molecule is C[C@@H]1CCN(C)C(=O)N1C(C)(C)C. The zero-order valence-corrected chi connectivity index (χ0v) is 9.29. The molecule has 0 radical (unpaired) electrons. The van der Waals surface area contributed by atoms with Crippen LogP contribution in [0.25, 0.3) is 0 Å². The molecule has 3 nitrogen and oxygen atoms in total. The van der Waals surface area contributed by atoms with E-state index in [1.165, 1.54) is 0 Å². The van der Waals surface area contributed by atoms with E-state index >= 15 is 0 Å². The summed E-state index contributed by atoms with van der Waals surface area (Å²) in [6, 6.07) is 0.523. The van der Waals surface area contributed by atoms with Gasteiger partial charge in [-0.15, -0.1) is 0 Å². The third-order valence-electron chi connectivity index (χ3n) is 2.58. The van der Waals surface area contributed by atoms with Crippen LogP contribution in [0.3, 0.4) is 0 Å². The van der Waals surface area contributed by atoms with Crippen LogP contribution in [0.2, 0.25) is 0 Å². The molecule has 1 saturated heterocycles. The summed E-state index contributed by atoms with van der Waals surface area (Å²) in [4.78, 5) is 15.6. The average Bonchev–Trinajstić information content (AvgIpc) is 1.95. The molecule has 0 bridgehead atoms. The molecule has 2 amide bonds. The molecule has 0 unspecified atom stereocenters. The summed E-state index contributed by atoms with van der Waals surface area (Å²) in [6.45, 7) is 9.25. The lowest BCUT2D eigenvalue weighted by atomic mass is 10.0. The summed E-state index contributed by atoms with van der Waals surface area (Å²) in [5.41, 5.74) is -0.0643. The molecule has 0 aromatic heterocycles. The third kappa shape index (κ3) is 1.95. The summed E-state index contributed by atoms with van der Waals surface area (Å²) in [5, 5.41) is 0. The molecule has 0 spiro atoms. The van der Waals surface area contributed by atoms with Crippen molar-refractivity contribution >= 4 is 6.03 Å². The van der Waals surface area contributed by atoms with Crippen LogP contribution in [0.15, 0.2) is 0 Å². The fraction of sp³-hybridized carbons (Fsp3) is 0.900. The maximum atomic E-state index is 11.8. The van der Waals surface area contributed by atoms with Gasteiger partial charge < -0.3 is 9.80 Å². The lowest BCUT2D eigenvalue weighted by Gasteiger charge is -2.46. The highest BCUT2D eigenvalue weighted by Crippen LogP contribution is 2.24. The topological polar surface area (TPSA) is 23.6 Å². The van der Waals surface area contributed by atoms with Crippen molar-refractivity contribution in [3.8, 4) is 0 Å². The molecule has 0 aromatic rings. The second kappa shape index (κ2) is 3.20. The predicted molar refractivity (Wildman–Crippen MR) is 53.7 cm³/mol. The Morgan fingerprint density at radius 3 is 2.31 bits per heavy atom. The van der Waals surface area contributed by atoms with Crippen molar-refractivity contribution in [2.75, 3.05) is 13.6 Å². The predicted octanol–water partition coefficient (Wildman–Crippen LogP) is 1.93. The molecule has 3 heteroatoms. The summed E-state index contributed by atoms with van der Waals surface area (Å²) >= 11 is 0. The molecule has 0 saturated carbocycles. The Hall–Kier alpha value is -0.730. The van der Waals surface area contributed by atoms with E-state index in [9.17, 15) is 4.79 Å². The van der Waals surface area contributed by atoms with Crippen LogP contribution >= 0.6 is 0 Å². The Morgan fingerprint density at radius 2 is 1.92 bits per heavy atom. The van der Waals surface area contributed by atoms with Gasteiger partial charge in [0.2, 0.25) is 0 Å². The minimum Gasteiger partial charge on any atom is -0.328 e. The maximum absolute atomic E-state index is 11.8. The van der Waals surface area contributed by atoms with Gasteiger partial charge in [0.15, 0.2) is 0 Å². The zero-order chi connectivity index (χ0) is 10.2. The van der Waals surface area contributed by atoms with Crippen LogP contribution < -0.4 is 0 Å². The Kier molecular flexibility index (Phi) is 2.55. The van der Waals surface area contributed by atoms with Gasteiger partial charge in [0.25, 0.3) is 0 Å². The normalized spacial score (nSPS) is 25.3. The monoisotopic (exact) mass is 184 g/mol. The summed E-state index contributed by atoms with van der Waals surface area (Å²) < 4.78 is 0. The van der Waals surface area contributed by atoms with Gasteiger partial charge in [0.1, 0.15) is 0 Å². The van der Waals surface area contributed by atoms with Crippen LogP contribution in [-0.2, 0) is 0 Å². The van der Waals surface area contributed by atoms with Gasteiger partial charge in [-0.05, 0) is 34.1 Å². The highest BCUT2D eigenvalue weighted by atomic mass is 16.2. The highest BCUT2D eigenvalue weighted by molar-refractivity contribution is 5.76. The van der Waals surface area contributed by atoms with Crippen molar-refractivity contribution in [1.29, 1.82) is 0 Å². The molecular formula is C10H20N2O. The number of carbonyl (C=O) groups is 1. The van der Waals surface area contributed by atoms with E-state index in [2.05, 4.69) is 27.7 Å². The molecule has 0 aromatic carbocycles. The van der Waals surface area contributed by atoms with Gasteiger partial charge in [0, 0.05) is 25.2 Å². The molecule has 1 atom stereocenters. The van der Waals surface area contributed by atoms with E-state index in [-0.39, 0.29) is 11.6 Å². The minimum atomic E-state index is -0.0643. The van der Waals surface area contributed by atoms with Crippen molar-refractivity contribution in [2.45, 2.75) is 45.7 Å². The van der Waals surface area contributed by atoms with Gasteiger partial charge >= 0.3 is 6.03 Å². The number of nitrogens with zero attached hydrogens (tertiary/aromatic N) is 2. The standard InChI is InChI=1S/C10H20N2O/c1-8-6-7-11(5)9(13)12(8)10(2,3)4/h8H,6-7H2,1-5H3/t8-/m1/s1. The molecule has 0 N–H and O–H groups in total. The van der Waals surface area contributed by atoms with Gasteiger partial charge in [-0.1, -0.05) is 0 Å². The van der Waals surface area contributed by atoms with Gasteiger partial charge in [-0.2, -0.15) is 0 Å². The molecule has 13 heavy (non-hydrogen) atoms. The summed E-state index contributed by atoms with van der Waals surface area (Å²) in [7, 11) is 1.87. The molecular weight excluding hydrogens is 164 g/mol. The number of amides is 2. The van der Waals surface area contributed by atoms with Gasteiger partial charge in [-0.25, -0.2) is 4.79 Å². The molecule has 0 aliphatic carbocycles. The average molecular weight is 184 g/mol. The van der Waals surface area contributed by atoms with Crippen LogP contribution in [0.5, 0.6) is 0 Å². The fourth-order valence-electron chi connectivity index (χ4n) is 1.93. The Balaban J connectivity index is 2.85. The van der Waals surface area contributed by atoms with Crippen LogP contribution in [-0.4, -0.2) is 41.0 Å². The quantitative estimate of drug-likeness (QED) is 0.564. The summed E-state index contributed by atoms with van der Waals surface area (Å²) in [5.74, 6) is 0. The molecule has 1 aliphatic rings. The Bertz CT molecular complexity index is 207. The number of hydrogen-bond acceptors (Lipinski definition) is 1. The fourth-order valence-corrected chi connectivity index (χ4v) is 1.93. The van der Waals surface area contributed by atoms with E-state index in [1.807, 2.05) is 11.9 Å². The van der Waals surface area contributed by atoms with Gasteiger partial charge in [-0.3, -0.25) is 0 Å². The number of urea groups is 1. The molecule has 1 fully saturated rings. The van der Waals surface area contributed by atoms with Crippen molar-refractivity contribution in [1.82, 2.24) is 9.80 Å². The van der Waals surface area contributed by atoms with E-state index in [0.29, 0.717) is 6.04 Å². The van der Waals surface area contributed by atoms with E-state index in [1.54, 1.807) is 4.90 Å². The smallest absolute Gasteiger partial charge is 0.320 e. The van der Waals surface area contributed by atoms with E-state index < -0.39 is 0 Å². The first kappa shape index (κ1) is 10.4. The molecule has 1 rings (SSSR count). The van der Waals surface area contributed by atoms with E-state index in [4.69, 9.17) is 0 Å². The van der Waals surface area contributed by atoms with Crippen LogP contribution in [0.4, 0.5) is 4.79 Å². The van der Waals surface area contributed by atoms with Crippen molar-refractivity contribution < 1.29 is 4.79 Å². The Morgan fingerprint density at radius 1 is 1.38 bits per heavy atom. The molecule has 1 aliphatic heterocycles. The minimum absolute atomic E-state index is 0.0643. The first-order valence-corrected chi connectivity index (χ1v) is 4.88. The molecule has 1 heterocycles. The lowest BCUT2D eigenvalue weighted by molar-refractivity contribution is 0.0614. The van der Waals surface area contributed by atoms with Crippen LogP contribution in [0, 0.1) is 0 Å². The second-order valence-corrected chi connectivity index (χ2v) is 4.88. The maximum Gasteiger partial charge on any atom is 0.320 e. The number of hydrogen-bond donors (Lipinski definition) is 0. The van der Waals surface area contributed by atoms with Crippen molar-refractivity contribution in [2.24, 2.45) is 0 Å². The van der Waals surface area contributed by atoms with Gasteiger partial charge in [0.05, 0.1) is 0 Å². The molecule has 76 valence electrons. The van der Waals surface area contributed by atoms with Crippen LogP contribution in [0.1, 0.15) is 34.1 Å².